The van der Waals surface area contributed by atoms with Crippen molar-refractivity contribution < 1.29 is 9.53 Å². The highest BCUT2D eigenvalue weighted by molar-refractivity contribution is 5.83. The number of nitrogens with zero attached hydrogens (tertiary/aromatic N) is 1. The van der Waals surface area contributed by atoms with Crippen LogP contribution in [0, 0.1) is 11.3 Å². The fraction of sp³-hybridized carbons (Fsp3) is 0.929. The van der Waals surface area contributed by atoms with E-state index in [1.54, 1.807) is 7.11 Å². The Morgan fingerprint density at radius 2 is 2.28 bits per heavy atom. The Balaban J connectivity index is 2.03. The average Bonchev–Trinajstić information content (AvgIpc) is 3.05. The van der Waals surface area contributed by atoms with Crippen molar-refractivity contribution >= 4 is 5.91 Å². The molecule has 2 aliphatic rings. The molecule has 1 amide bonds. The van der Waals surface area contributed by atoms with Gasteiger partial charge in [-0.2, -0.15) is 0 Å². The van der Waals surface area contributed by atoms with E-state index >= 15 is 0 Å². The molecular weight excluding hydrogens is 228 g/mol. The summed E-state index contributed by atoms with van der Waals surface area (Å²) < 4.78 is 5.31. The first-order valence-electron chi connectivity index (χ1n) is 7.21. The average molecular weight is 254 g/mol. The minimum atomic E-state index is -0.307. The van der Waals surface area contributed by atoms with E-state index in [4.69, 9.17) is 4.74 Å². The van der Waals surface area contributed by atoms with Crippen molar-refractivity contribution in [1.82, 2.24) is 10.2 Å². The van der Waals surface area contributed by atoms with Crippen LogP contribution in [0.5, 0.6) is 0 Å². The number of amides is 1. The molecular formula is C14H26N2O2. The first-order chi connectivity index (χ1) is 8.72. The molecule has 1 aliphatic carbocycles. The number of hydrogen-bond donors (Lipinski definition) is 1. The van der Waals surface area contributed by atoms with E-state index in [1.165, 1.54) is 12.8 Å². The second-order valence-corrected chi connectivity index (χ2v) is 5.83. The molecule has 1 aliphatic heterocycles. The molecule has 0 radical (unpaired) electrons. The van der Waals surface area contributed by atoms with Gasteiger partial charge < -0.3 is 15.0 Å². The predicted octanol–water partition coefficient (Wildman–Crippen LogP) is 1.26. The molecule has 1 heterocycles. The van der Waals surface area contributed by atoms with Crippen LogP contribution in [0.2, 0.25) is 0 Å². The van der Waals surface area contributed by atoms with Crippen molar-refractivity contribution in [3.05, 3.63) is 0 Å². The normalized spacial score (nSPS) is 27.4. The summed E-state index contributed by atoms with van der Waals surface area (Å²) in [5.41, 5.74) is -0.307. The molecule has 0 aromatic rings. The van der Waals surface area contributed by atoms with Crippen LogP contribution in [-0.4, -0.2) is 50.7 Å². The van der Waals surface area contributed by atoms with Crippen molar-refractivity contribution in [1.29, 1.82) is 0 Å². The number of nitrogens with one attached hydrogen (secondary N) is 1. The Morgan fingerprint density at radius 3 is 2.78 bits per heavy atom. The zero-order valence-corrected chi connectivity index (χ0v) is 11.7. The van der Waals surface area contributed by atoms with Crippen LogP contribution < -0.4 is 5.32 Å². The summed E-state index contributed by atoms with van der Waals surface area (Å²) in [7, 11) is 1.69. The van der Waals surface area contributed by atoms with E-state index in [0.717, 1.165) is 44.9 Å². The Morgan fingerprint density at radius 1 is 1.50 bits per heavy atom. The number of hydrogen-bond acceptors (Lipinski definition) is 3. The van der Waals surface area contributed by atoms with Crippen LogP contribution >= 0.6 is 0 Å². The van der Waals surface area contributed by atoms with E-state index in [1.807, 2.05) is 0 Å². The zero-order chi connectivity index (χ0) is 13.0. The van der Waals surface area contributed by atoms with Crippen LogP contribution in [0.1, 0.15) is 32.6 Å². The molecule has 0 spiro atoms. The van der Waals surface area contributed by atoms with Crippen molar-refractivity contribution in [2.75, 3.05) is 39.9 Å². The molecule has 1 saturated carbocycles. The van der Waals surface area contributed by atoms with Gasteiger partial charge in [0.25, 0.3) is 0 Å². The number of ether oxygens (including phenoxy) is 1. The first kappa shape index (κ1) is 13.8. The lowest BCUT2D eigenvalue weighted by Gasteiger charge is -2.33. The minimum absolute atomic E-state index is 0.307. The second-order valence-electron chi connectivity index (χ2n) is 5.83. The van der Waals surface area contributed by atoms with Gasteiger partial charge >= 0.3 is 0 Å². The SMILES string of the molecule is CCCN(CC1CC1)C(=O)C1(COC)CCNC1. The highest BCUT2D eigenvalue weighted by atomic mass is 16.5. The third kappa shape index (κ3) is 3.04. The summed E-state index contributed by atoms with van der Waals surface area (Å²) in [6.45, 7) is 6.23. The first-order valence-corrected chi connectivity index (χ1v) is 7.21. The third-order valence-corrected chi connectivity index (χ3v) is 4.07. The number of carbonyl (C=O) groups excluding carboxylic acids is 1. The lowest BCUT2D eigenvalue weighted by Crippen LogP contribution is -2.48. The van der Waals surface area contributed by atoms with E-state index < -0.39 is 0 Å². The van der Waals surface area contributed by atoms with Crippen molar-refractivity contribution in [2.24, 2.45) is 11.3 Å². The predicted molar refractivity (Wildman–Crippen MR) is 71.4 cm³/mol. The molecule has 0 aromatic heterocycles. The summed E-state index contributed by atoms with van der Waals surface area (Å²) in [6, 6.07) is 0. The van der Waals surface area contributed by atoms with E-state index in [2.05, 4.69) is 17.1 Å². The molecule has 0 aromatic carbocycles. The Kier molecular flexibility index (Phi) is 4.62. The standard InChI is InChI=1S/C14H26N2O2/c1-3-8-16(9-12-4-5-12)13(17)14(11-18-2)6-7-15-10-14/h12,15H,3-11H2,1-2H3. The Hall–Kier alpha value is -0.610. The third-order valence-electron chi connectivity index (χ3n) is 4.07. The fourth-order valence-corrected chi connectivity index (χ4v) is 2.88. The topological polar surface area (TPSA) is 41.6 Å². The molecule has 2 rings (SSSR count). The van der Waals surface area contributed by atoms with Gasteiger partial charge in [0.1, 0.15) is 0 Å². The van der Waals surface area contributed by atoms with Gasteiger partial charge in [0.05, 0.1) is 12.0 Å². The van der Waals surface area contributed by atoms with E-state index in [0.29, 0.717) is 12.5 Å². The van der Waals surface area contributed by atoms with Gasteiger partial charge in [-0.15, -0.1) is 0 Å². The quantitative estimate of drug-likeness (QED) is 0.744. The van der Waals surface area contributed by atoms with Gasteiger partial charge in [-0.25, -0.2) is 0 Å². The van der Waals surface area contributed by atoms with Crippen molar-refractivity contribution in [2.45, 2.75) is 32.6 Å². The van der Waals surface area contributed by atoms with Gasteiger partial charge in [-0.1, -0.05) is 6.92 Å². The van der Waals surface area contributed by atoms with Crippen LogP contribution in [0.3, 0.4) is 0 Å². The Bertz CT molecular complexity index is 284. The van der Waals surface area contributed by atoms with Crippen LogP contribution in [0.25, 0.3) is 0 Å². The monoisotopic (exact) mass is 254 g/mol. The summed E-state index contributed by atoms with van der Waals surface area (Å²) >= 11 is 0. The lowest BCUT2D eigenvalue weighted by atomic mass is 9.86. The summed E-state index contributed by atoms with van der Waals surface area (Å²) in [6.07, 6.45) is 4.53. The maximum absolute atomic E-state index is 12.8. The van der Waals surface area contributed by atoms with E-state index in [-0.39, 0.29) is 5.41 Å². The Labute approximate surface area is 110 Å². The van der Waals surface area contributed by atoms with Gasteiger partial charge in [0, 0.05) is 26.7 Å². The molecule has 1 saturated heterocycles. The van der Waals surface area contributed by atoms with Crippen molar-refractivity contribution in [3.8, 4) is 0 Å². The van der Waals surface area contributed by atoms with Crippen molar-refractivity contribution in [3.63, 3.8) is 0 Å². The van der Waals surface area contributed by atoms with E-state index in [9.17, 15) is 4.79 Å². The maximum atomic E-state index is 12.8. The summed E-state index contributed by atoms with van der Waals surface area (Å²) in [5, 5.41) is 3.32. The van der Waals surface area contributed by atoms with Gasteiger partial charge in [-0.05, 0) is 38.1 Å². The molecule has 0 bridgehead atoms. The number of carbonyl (C=O) groups is 1. The van der Waals surface area contributed by atoms with Crippen LogP contribution in [-0.2, 0) is 9.53 Å². The number of rotatable bonds is 7. The molecule has 1 atom stereocenters. The largest absolute Gasteiger partial charge is 0.384 e. The smallest absolute Gasteiger partial charge is 0.232 e. The molecule has 1 unspecified atom stereocenters. The van der Waals surface area contributed by atoms with Crippen LogP contribution in [0.4, 0.5) is 0 Å². The molecule has 4 heteroatoms. The summed E-state index contributed by atoms with van der Waals surface area (Å²) in [5.74, 6) is 1.07. The molecule has 2 fully saturated rings. The molecule has 1 N–H and O–H groups in total. The molecule has 18 heavy (non-hydrogen) atoms. The lowest BCUT2D eigenvalue weighted by molar-refractivity contribution is -0.144. The fourth-order valence-electron chi connectivity index (χ4n) is 2.88. The van der Waals surface area contributed by atoms with Gasteiger partial charge in [-0.3, -0.25) is 4.79 Å². The molecule has 4 nitrogen and oxygen atoms in total. The minimum Gasteiger partial charge on any atom is -0.384 e. The van der Waals surface area contributed by atoms with Gasteiger partial charge in [0.15, 0.2) is 0 Å². The number of methoxy groups -OCH3 is 1. The zero-order valence-electron chi connectivity index (χ0n) is 11.7. The summed E-state index contributed by atoms with van der Waals surface area (Å²) in [4.78, 5) is 14.9. The molecule has 104 valence electrons. The highest BCUT2D eigenvalue weighted by Gasteiger charge is 2.44. The second kappa shape index (κ2) is 6.02. The highest BCUT2D eigenvalue weighted by Crippen LogP contribution is 2.33. The van der Waals surface area contributed by atoms with Crippen LogP contribution in [0.15, 0.2) is 0 Å². The van der Waals surface area contributed by atoms with Gasteiger partial charge in [0.2, 0.25) is 5.91 Å². The maximum Gasteiger partial charge on any atom is 0.232 e.